The number of aryl methyl sites for hydroxylation is 2. The molecule has 0 saturated heterocycles. The Morgan fingerprint density at radius 2 is 2.10 bits per heavy atom. The molecular weight excluding hydrogens is 266 g/mol. The van der Waals surface area contributed by atoms with Crippen LogP contribution in [0.2, 0.25) is 0 Å². The third-order valence-corrected chi connectivity index (χ3v) is 4.24. The van der Waals surface area contributed by atoms with Crippen molar-refractivity contribution in [2.45, 2.75) is 46.7 Å². The molecule has 0 saturated carbocycles. The Hall–Kier alpha value is -1.81. The van der Waals surface area contributed by atoms with Crippen molar-refractivity contribution >= 4 is 11.0 Å². The molecular formula is C17H21NO3. The van der Waals surface area contributed by atoms with Crippen LogP contribution in [-0.4, -0.2) is 17.7 Å². The van der Waals surface area contributed by atoms with Crippen LogP contribution in [0.5, 0.6) is 5.75 Å². The van der Waals surface area contributed by atoms with Gasteiger partial charge in [-0.05, 0) is 38.8 Å². The first-order valence-corrected chi connectivity index (χ1v) is 7.47. The first kappa shape index (κ1) is 14.1. The van der Waals surface area contributed by atoms with Gasteiger partial charge in [0.15, 0.2) is 0 Å². The predicted octanol–water partition coefficient (Wildman–Crippen LogP) is 3.22. The lowest BCUT2D eigenvalue weighted by atomic mass is 9.99. The Morgan fingerprint density at radius 1 is 1.33 bits per heavy atom. The molecule has 0 spiro atoms. The Balaban J connectivity index is 2.23. The number of fused-ring (bicyclic) bond motifs is 2. The van der Waals surface area contributed by atoms with Crippen LogP contribution in [0.15, 0.2) is 21.3 Å². The Kier molecular flexibility index (Phi) is 3.49. The van der Waals surface area contributed by atoms with Gasteiger partial charge in [0.25, 0.3) is 0 Å². The van der Waals surface area contributed by atoms with Gasteiger partial charge in [-0.2, -0.15) is 0 Å². The molecule has 0 unspecified atom stereocenters. The maximum atomic E-state index is 11.7. The van der Waals surface area contributed by atoms with Gasteiger partial charge < -0.3 is 9.15 Å². The summed E-state index contributed by atoms with van der Waals surface area (Å²) in [5.41, 5.74) is 3.51. The van der Waals surface area contributed by atoms with Crippen molar-refractivity contribution in [1.29, 1.82) is 0 Å². The quantitative estimate of drug-likeness (QED) is 0.795. The maximum absolute atomic E-state index is 11.7. The second-order valence-corrected chi connectivity index (χ2v) is 5.92. The lowest BCUT2D eigenvalue weighted by Gasteiger charge is -2.32. The molecule has 0 fully saturated rings. The predicted molar refractivity (Wildman–Crippen MR) is 82.8 cm³/mol. The molecule has 0 atom stereocenters. The minimum absolute atomic E-state index is 0.290. The zero-order valence-corrected chi connectivity index (χ0v) is 13.0. The molecule has 112 valence electrons. The van der Waals surface area contributed by atoms with Gasteiger partial charge in [0, 0.05) is 35.2 Å². The minimum atomic E-state index is -0.290. The van der Waals surface area contributed by atoms with Crippen LogP contribution in [0, 0.1) is 6.92 Å². The molecule has 2 aromatic rings. The van der Waals surface area contributed by atoms with Crippen LogP contribution in [-0.2, 0) is 13.0 Å². The highest BCUT2D eigenvalue weighted by Crippen LogP contribution is 2.36. The summed E-state index contributed by atoms with van der Waals surface area (Å²) in [7, 11) is 0. The lowest BCUT2D eigenvalue weighted by molar-refractivity contribution is 0.0681. The highest BCUT2D eigenvalue weighted by atomic mass is 16.5. The fourth-order valence-electron chi connectivity index (χ4n) is 2.93. The van der Waals surface area contributed by atoms with Crippen molar-refractivity contribution in [3.8, 4) is 5.75 Å². The molecule has 4 nitrogen and oxygen atoms in total. The molecule has 0 aliphatic carbocycles. The summed E-state index contributed by atoms with van der Waals surface area (Å²) in [4.78, 5) is 14.0. The van der Waals surface area contributed by atoms with Crippen molar-refractivity contribution < 1.29 is 9.15 Å². The number of nitrogens with zero attached hydrogens (tertiary/aromatic N) is 1. The summed E-state index contributed by atoms with van der Waals surface area (Å²) in [6, 6.07) is 4.15. The average molecular weight is 287 g/mol. The zero-order valence-electron chi connectivity index (χ0n) is 13.0. The van der Waals surface area contributed by atoms with E-state index in [1.165, 1.54) is 5.56 Å². The molecule has 4 heteroatoms. The normalized spacial score (nSPS) is 15.3. The van der Waals surface area contributed by atoms with Gasteiger partial charge in [0.05, 0.1) is 0 Å². The fourth-order valence-corrected chi connectivity index (χ4v) is 2.93. The number of hydrogen-bond donors (Lipinski definition) is 0. The minimum Gasteiger partial charge on any atom is -0.477 e. The van der Waals surface area contributed by atoms with E-state index in [1.54, 1.807) is 6.07 Å². The highest BCUT2D eigenvalue weighted by Gasteiger charge is 2.23. The zero-order chi connectivity index (χ0) is 15.1. The first-order valence-electron chi connectivity index (χ1n) is 7.47. The van der Waals surface area contributed by atoms with Crippen LogP contribution in [0.3, 0.4) is 0 Å². The van der Waals surface area contributed by atoms with Crippen molar-refractivity contribution in [2.75, 3.05) is 6.73 Å². The Morgan fingerprint density at radius 3 is 2.76 bits per heavy atom. The lowest BCUT2D eigenvalue weighted by Crippen LogP contribution is -2.37. The smallest absolute Gasteiger partial charge is 0.336 e. The molecule has 1 aromatic carbocycles. The van der Waals surface area contributed by atoms with Crippen LogP contribution in [0.1, 0.15) is 37.5 Å². The molecule has 0 N–H and O–H groups in total. The van der Waals surface area contributed by atoms with E-state index in [0.717, 1.165) is 35.2 Å². The van der Waals surface area contributed by atoms with E-state index < -0.39 is 0 Å². The van der Waals surface area contributed by atoms with E-state index >= 15 is 0 Å². The third-order valence-electron chi connectivity index (χ3n) is 4.24. The van der Waals surface area contributed by atoms with Crippen LogP contribution in [0.25, 0.3) is 11.0 Å². The average Bonchev–Trinajstić information content (AvgIpc) is 2.47. The molecule has 1 aliphatic rings. The summed E-state index contributed by atoms with van der Waals surface area (Å²) in [6.45, 7) is 9.80. The summed E-state index contributed by atoms with van der Waals surface area (Å²) in [5.74, 6) is 0.871. The highest BCUT2D eigenvalue weighted by molar-refractivity contribution is 5.86. The van der Waals surface area contributed by atoms with Gasteiger partial charge in [-0.1, -0.05) is 6.92 Å². The maximum Gasteiger partial charge on any atom is 0.336 e. The van der Waals surface area contributed by atoms with E-state index in [4.69, 9.17) is 9.15 Å². The molecule has 0 bridgehead atoms. The number of hydrogen-bond acceptors (Lipinski definition) is 4. The summed E-state index contributed by atoms with van der Waals surface area (Å²) >= 11 is 0. The van der Waals surface area contributed by atoms with Crippen molar-refractivity contribution in [2.24, 2.45) is 0 Å². The third kappa shape index (κ3) is 2.33. The van der Waals surface area contributed by atoms with E-state index in [9.17, 15) is 4.79 Å². The summed E-state index contributed by atoms with van der Waals surface area (Å²) < 4.78 is 11.3. The largest absolute Gasteiger partial charge is 0.477 e. The molecule has 2 heterocycles. The molecule has 1 aliphatic heterocycles. The summed E-state index contributed by atoms with van der Waals surface area (Å²) in [6.07, 6.45) is 0.815. The number of benzene rings is 1. The monoisotopic (exact) mass is 287 g/mol. The van der Waals surface area contributed by atoms with Gasteiger partial charge in [0.2, 0.25) is 0 Å². The molecule has 0 amide bonds. The molecule has 21 heavy (non-hydrogen) atoms. The van der Waals surface area contributed by atoms with Gasteiger partial charge in [-0.3, -0.25) is 4.90 Å². The Labute approximate surface area is 124 Å². The Bertz CT molecular complexity index is 746. The van der Waals surface area contributed by atoms with E-state index in [0.29, 0.717) is 18.4 Å². The second kappa shape index (κ2) is 5.19. The summed E-state index contributed by atoms with van der Waals surface area (Å²) in [5, 5.41) is 1.03. The molecule has 0 radical (unpaired) electrons. The molecule has 3 rings (SSSR count). The van der Waals surface area contributed by atoms with Gasteiger partial charge in [-0.15, -0.1) is 0 Å². The molecule has 1 aromatic heterocycles. The van der Waals surface area contributed by atoms with Gasteiger partial charge in [0.1, 0.15) is 18.1 Å². The topological polar surface area (TPSA) is 42.7 Å². The van der Waals surface area contributed by atoms with Crippen molar-refractivity contribution in [3.63, 3.8) is 0 Å². The van der Waals surface area contributed by atoms with E-state index in [-0.39, 0.29) is 5.63 Å². The van der Waals surface area contributed by atoms with Gasteiger partial charge in [-0.25, -0.2) is 4.79 Å². The van der Waals surface area contributed by atoms with Gasteiger partial charge >= 0.3 is 5.63 Å². The SMILES string of the molecule is CCc1cc(=O)oc2c(C)c3c(cc12)CN(C(C)C)CO3. The van der Waals surface area contributed by atoms with Crippen molar-refractivity contribution in [1.82, 2.24) is 4.90 Å². The van der Waals surface area contributed by atoms with E-state index in [1.807, 2.05) is 6.92 Å². The van der Waals surface area contributed by atoms with Crippen LogP contribution < -0.4 is 10.4 Å². The van der Waals surface area contributed by atoms with Crippen LogP contribution >= 0.6 is 0 Å². The first-order chi connectivity index (χ1) is 10.0. The second-order valence-electron chi connectivity index (χ2n) is 5.92. The number of rotatable bonds is 2. The van der Waals surface area contributed by atoms with Crippen molar-refractivity contribution in [3.05, 3.63) is 39.2 Å². The van der Waals surface area contributed by atoms with Crippen LogP contribution in [0.4, 0.5) is 0 Å². The number of ether oxygens (including phenoxy) is 1. The fraction of sp³-hybridized carbons (Fsp3) is 0.471. The van der Waals surface area contributed by atoms with E-state index in [2.05, 4.69) is 31.7 Å². The standard InChI is InChI=1S/C17H21NO3/c1-5-12-7-15(19)21-17-11(4)16-13(6-14(12)17)8-18(9-20-16)10(2)3/h6-7,10H,5,8-9H2,1-4H3.